The van der Waals surface area contributed by atoms with E-state index in [4.69, 9.17) is 4.74 Å². The van der Waals surface area contributed by atoms with E-state index >= 15 is 0 Å². The van der Waals surface area contributed by atoms with Crippen LogP contribution in [0.5, 0.6) is 5.88 Å². The standard InChI is InChI=1S/C16H26N2O/c1-12(2)18-11-14-5-4-10-17-16(14)19-15-8-6-13(3)7-9-15/h4-5,10,12-13,15,18H,6-9,11H2,1-3H3. The van der Waals surface area contributed by atoms with Crippen molar-refractivity contribution < 1.29 is 4.74 Å². The average Bonchev–Trinajstić information content (AvgIpc) is 2.40. The summed E-state index contributed by atoms with van der Waals surface area (Å²) in [7, 11) is 0. The van der Waals surface area contributed by atoms with E-state index in [2.05, 4.69) is 37.1 Å². The zero-order valence-electron chi connectivity index (χ0n) is 12.4. The first-order valence-electron chi connectivity index (χ1n) is 7.49. The topological polar surface area (TPSA) is 34.1 Å². The highest BCUT2D eigenvalue weighted by atomic mass is 16.5. The molecule has 0 aliphatic heterocycles. The molecule has 106 valence electrons. The molecule has 1 N–H and O–H groups in total. The summed E-state index contributed by atoms with van der Waals surface area (Å²) in [5, 5.41) is 3.43. The van der Waals surface area contributed by atoms with Gasteiger partial charge in [-0.05, 0) is 37.7 Å². The first-order chi connectivity index (χ1) is 9.15. The van der Waals surface area contributed by atoms with Crippen LogP contribution < -0.4 is 10.1 Å². The first kappa shape index (κ1) is 14.3. The molecular formula is C16H26N2O. The van der Waals surface area contributed by atoms with E-state index in [1.165, 1.54) is 12.8 Å². The fourth-order valence-electron chi connectivity index (χ4n) is 2.48. The summed E-state index contributed by atoms with van der Waals surface area (Å²) in [5.74, 6) is 1.67. The lowest BCUT2D eigenvalue weighted by atomic mass is 9.89. The van der Waals surface area contributed by atoms with Gasteiger partial charge in [-0.3, -0.25) is 0 Å². The van der Waals surface area contributed by atoms with Crippen LogP contribution in [0.1, 0.15) is 52.0 Å². The molecule has 0 amide bonds. The average molecular weight is 262 g/mol. The normalized spacial score (nSPS) is 23.6. The summed E-state index contributed by atoms with van der Waals surface area (Å²) in [6, 6.07) is 4.56. The quantitative estimate of drug-likeness (QED) is 0.881. The monoisotopic (exact) mass is 262 g/mol. The van der Waals surface area contributed by atoms with Gasteiger partial charge in [0, 0.05) is 24.3 Å². The van der Waals surface area contributed by atoms with Crippen LogP contribution >= 0.6 is 0 Å². The van der Waals surface area contributed by atoms with Crippen LogP contribution in [0.4, 0.5) is 0 Å². The van der Waals surface area contributed by atoms with Crippen molar-refractivity contribution in [2.24, 2.45) is 5.92 Å². The third-order valence-electron chi connectivity index (χ3n) is 3.79. The molecule has 1 heterocycles. The lowest BCUT2D eigenvalue weighted by Gasteiger charge is -2.27. The Balaban J connectivity index is 1.95. The Morgan fingerprint density at radius 1 is 1.32 bits per heavy atom. The highest BCUT2D eigenvalue weighted by molar-refractivity contribution is 5.25. The molecule has 1 aliphatic carbocycles. The molecule has 1 aliphatic rings. The van der Waals surface area contributed by atoms with E-state index in [-0.39, 0.29) is 0 Å². The van der Waals surface area contributed by atoms with E-state index in [9.17, 15) is 0 Å². The summed E-state index contributed by atoms with van der Waals surface area (Å²) in [6.07, 6.45) is 7.04. The maximum Gasteiger partial charge on any atom is 0.218 e. The van der Waals surface area contributed by atoms with E-state index < -0.39 is 0 Å². The second-order valence-corrected chi connectivity index (χ2v) is 6.00. The lowest BCUT2D eigenvalue weighted by Crippen LogP contribution is -2.26. The molecule has 19 heavy (non-hydrogen) atoms. The third-order valence-corrected chi connectivity index (χ3v) is 3.79. The van der Waals surface area contributed by atoms with Gasteiger partial charge in [-0.1, -0.05) is 26.8 Å². The first-order valence-corrected chi connectivity index (χ1v) is 7.49. The predicted octanol–water partition coefficient (Wildman–Crippen LogP) is 3.54. The SMILES string of the molecule is CC1CCC(Oc2ncccc2CNC(C)C)CC1. The molecule has 0 bridgehead atoms. The van der Waals surface area contributed by atoms with Crippen molar-refractivity contribution in [1.82, 2.24) is 10.3 Å². The van der Waals surface area contributed by atoms with Crippen LogP contribution in [0, 0.1) is 5.92 Å². The van der Waals surface area contributed by atoms with Gasteiger partial charge in [0.2, 0.25) is 5.88 Å². The third kappa shape index (κ3) is 4.50. The van der Waals surface area contributed by atoms with Crippen molar-refractivity contribution in [3.8, 4) is 5.88 Å². The van der Waals surface area contributed by atoms with E-state index in [0.717, 1.165) is 36.7 Å². The number of nitrogens with one attached hydrogen (secondary N) is 1. The van der Waals surface area contributed by atoms with Crippen LogP contribution in [0.15, 0.2) is 18.3 Å². The molecule has 1 saturated carbocycles. The van der Waals surface area contributed by atoms with Gasteiger partial charge in [-0.25, -0.2) is 4.98 Å². The molecule has 0 aromatic carbocycles. The molecular weight excluding hydrogens is 236 g/mol. The number of rotatable bonds is 5. The molecule has 1 aromatic heterocycles. The molecule has 1 fully saturated rings. The Bertz CT molecular complexity index is 384. The van der Waals surface area contributed by atoms with Crippen molar-refractivity contribution >= 4 is 0 Å². The van der Waals surface area contributed by atoms with E-state index in [1.54, 1.807) is 0 Å². The van der Waals surface area contributed by atoms with Gasteiger partial charge in [0.1, 0.15) is 6.10 Å². The number of hydrogen-bond donors (Lipinski definition) is 1. The van der Waals surface area contributed by atoms with Gasteiger partial charge >= 0.3 is 0 Å². The van der Waals surface area contributed by atoms with E-state index in [0.29, 0.717) is 12.1 Å². The molecule has 0 atom stereocenters. The van der Waals surface area contributed by atoms with Gasteiger partial charge in [0.05, 0.1) is 0 Å². The van der Waals surface area contributed by atoms with Crippen molar-refractivity contribution in [3.63, 3.8) is 0 Å². The van der Waals surface area contributed by atoms with Gasteiger partial charge in [-0.2, -0.15) is 0 Å². The van der Waals surface area contributed by atoms with Crippen LogP contribution in [-0.2, 0) is 6.54 Å². The molecule has 1 aromatic rings. The summed E-state index contributed by atoms with van der Waals surface area (Å²) in [5.41, 5.74) is 1.16. The van der Waals surface area contributed by atoms with Crippen molar-refractivity contribution in [1.29, 1.82) is 0 Å². The number of pyridine rings is 1. The molecule has 2 rings (SSSR count). The maximum absolute atomic E-state index is 6.12. The van der Waals surface area contributed by atoms with Gasteiger partial charge in [-0.15, -0.1) is 0 Å². The second kappa shape index (κ2) is 6.90. The Morgan fingerprint density at radius 2 is 2.05 bits per heavy atom. The van der Waals surface area contributed by atoms with Crippen LogP contribution in [-0.4, -0.2) is 17.1 Å². The molecule has 3 heteroatoms. The molecule has 0 saturated heterocycles. The number of hydrogen-bond acceptors (Lipinski definition) is 3. The molecule has 0 unspecified atom stereocenters. The molecule has 0 radical (unpaired) electrons. The lowest BCUT2D eigenvalue weighted by molar-refractivity contribution is 0.128. The number of nitrogens with zero attached hydrogens (tertiary/aromatic N) is 1. The minimum Gasteiger partial charge on any atom is -0.474 e. The van der Waals surface area contributed by atoms with Crippen molar-refractivity contribution in [3.05, 3.63) is 23.9 Å². The summed E-state index contributed by atoms with van der Waals surface area (Å²) in [6.45, 7) is 7.46. The Labute approximate surface area is 116 Å². The smallest absolute Gasteiger partial charge is 0.218 e. The molecule has 3 nitrogen and oxygen atoms in total. The molecule has 0 spiro atoms. The zero-order valence-corrected chi connectivity index (χ0v) is 12.4. The number of aromatic nitrogens is 1. The second-order valence-electron chi connectivity index (χ2n) is 6.00. The Kier molecular flexibility index (Phi) is 5.20. The van der Waals surface area contributed by atoms with Crippen LogP contribution in [0.3, 0.4) is 0 Å². The highest BCUT2D eigenvalue weighted by Crippen LogP contribution is 2.27. The largest absolute Gasteiger partial charge is 0.474 e. The Hall–Kier alpha value is -1.09. The fourth-order valence-corrected chi connectivity index (χ4v) is 2.48. The van der Waals surface area contributed by atoms with Crippen molar-refractivity contribution in [2.75, 3.05) is 0 Å². The van der Waals surface area contributed by atoms with Gasteiger partial charge in [0.15, 0.2) is 0 Å². The number of ether oxygens (including phenoxy) is 1. The highest BCUT2D eigenvalue weighted by Gasteiger charge is 2.20. The fraction of sp³-hybridized carbons (Fsp3) is 0.688. The minimum atomic E-state index is 0.351. The predicted molar refractivity (Wildman–Crippen MR) is 78.3 cm³/mol. The Morgan fingerprint density at radius 3 is 2.74 bits per heavy atom. The summed E-state index contributed by atoms with van der Waals surface area (Å²) >= 11 is 0. The summed E-state index contributed by atoms with van der Waals surface area (Å²) < 4.78 is 6.12. The zero-order chi connectivity index (χ0) is 13.7. The van der Waals surface area contributed by atoms with Crippen molar-refractivity contribution in [2.45, 2.75) is 65.1 Å². The summed E-state index contributed by atoms with van der Waals surface area (Å²) in [4.78, 5) is 4.41. The van der Waals surface area contributed by atoms with Crippen LogP contribution in [0.2, 0.25) is 0 Å². The van der Waals surface area contributed by atoms with Gasteiger partial charge in [0.25, 0.3) is 0 Å². The maximum atomic E-state index is 6.12. The van der Waals surface area contributed by atoms with Gasteiger partial charge < -0.3 is 10.1 Å². The van der Waals surface area contributed by atoms with E-state index in [1.807, 2.05) is 12.3 Å². The van der Waals surface area contributed by atoms with Crippen LogP contribution in [0.25, 0.3) is 0 Å². The minimum absolute atomic E-state index is 0.351.